The predicted octanol–water partition coefficient (Wildman–Crippen LogP) is 3.70. The Morgan fingerprint density at radius 2 is 1.85 bits per heavy atom. The summed E-state index contributed by atoms with van der Waals surface area (Å²) >= 11 is 12.2. The SMILES string of the molecule is Cn1cc(C(=O)N2CCN(Cc3cccc(Cl)c3Cl)CC2)c(C(F)(F)F)n1. The highest BCUT2D eigenvalue weighted by Gasteiger charge is 2.40. The molecule has 0 saturated carbocycles. The van der Waals surface area contributed by atoms with E-state index in [0.29, 0.717) is 42.8 Å². The van der Waals surface area contributed by atoms with Crippen molar-refractivity contribution in [3.8, 4) is 0 Å². The van der Waals surface area contributed by atoms with Gasteiger partial charge < -0.3 is 4.90 Å². The monoisotopic (exact) mass is 420 g/mol. The fourth-order valence-corrected chi connectivity index (χ4v) is 3.43. The maximum atomic E-state index is 13.1. The van der Waals surface area contributed by atoms with Gasteiger partial charge in [0.25, 0.3) is 5.91 Å². The van der Waals surface area contributed by atoms with Gasteiger partial charge >= 0.3 is 6.18 Å². The van der Waals surface area contributed by atoms with Gasteiger partial charge in [-0.05, 0) is 11.6 Å². The summed E-state index contributed by atoms with van der Waals surface area (Å²) in [6.45, 7) is 2.25. The van der Waals surface area contributed by atoms with Gasteiger partial charge in [-0.2, -0.15) is 18.3 Å². The van der Waals surface area contributed by atoms with Gasteiger partial charge in [-0.15, -0.1) is 0 Å². The second kappa shape index (κ2) is 7.69. The van der Waals surface area contributed by atoms with E-state index in [-0.39, 0.29) is 0 Å². The summed E-state index contributed by atoms with van der Waals surface area (Å²) < 4.78 is 40.3. The Hall–Kier alpha value is -1.77. The molecule has 0 bridgehead atoms. The highest BCUT2D eigenvalue weighted by Crippen LogP contribution is 2.31. The maximum absolute atomic E-state index is 13.1. The number of aromatic nitrogens is 2. The van der Waals surface area contributed by atoms with E-state index in [4.69, 9.17) is 23.2 Å². The quantitative estimate of drug-likeness (QED) is 0.759. The Balaban J connectivity index is 1.66. The highest BCUT2D eigenvalue weighted by molar-refractivity contribution is 6.42. The second-order valence-electron chi connectivity index (χ2n) is 6.34. The van der Waals surface area contributed by atoms with Crippen molar-refractivity contribution < 1.29 is 18.0 Å². The fourth-order valence-electron chi connectivity index (χ4n) is 3.05. The average molecular weight is 421 g/mol. The van der Waals surface area contributed by atoms with Crippen molar-refractivity contribution in [1.82, 2.24) is 19.6 Å². The number of rotatable bonds is 3. The number of halogens is 5. The van der Waals surface area contributed by atoms with E-state index in [9.17, 15) is 18.0 Å². The Morgan fingerprint density at radius 3 is 2.48 bits per heavy atom. The molecular weight excluding hydrogens is 404 g/mol. The molecule has 146 valence electrons. The summed E-state index contributed by atoms with van der Waals surface area (Å²) in [6, 6.07) is 5.39. The van der Waals surface area contributed by atoms with Crippen molar-refractivity contribution >= 4 is 29.1 Å². The van der Waals surface area contributed by atoms with Crippen molar-refractivity contribution in [1.29, 1.82) is 0 Å². The number of nitrogens with zero attached hydrogens (tertiary/aromatic N) is 4. The van der Waals surface area contributed by atoms with E-state index in [0.717, 1.165) is 16.4 Å². The first kappa shape index (κ1) is 20.0. The molecule has 1 fully saturated rings. The topological polar surface area (TPSA) is 41.4 Å². The molecule has 1 aliphatic rings. The number of carbonyl (C=O) groups excluding carboxylic acids is 1. The molecule has 0 unspecified atom stereocenters. The normalized spacial score (nSPS) is 16.0. The first-order valence-corrected chi connectivity index (χ1v) is 8.97. The lowest BCUT2D eigenvalue weighted by Crippen LogP contribution is -2.48. The summed E-state index contributed by atoms with van der Waals surface area (Å²) in [5.74, 6) is -0.657. The summed E-state index contributed by atoms with van der Waals surface area (Å²) in [5.41, 5.74) is -0.699. The van der Waals surface area contributed by atoms with E-state index < -0.39 is 23.3 Å². The Bertz CT molecular complexity index is 845. The highest BCUT2D eigenvalue weighted by atomic mass is 35.5. The molecule has 2 aromatic rings. The van der Waals surface area contributed by atoms with Gasteiger partial charge in [0.1, 0.15) is 0 Å². The lowest BCUT2D eigenvalue weighted by atomic mass is 10.1. The van der Waals surface area contributed by atoms with Crippen LogP contribution < -0.4 is 0 Å². The third kappa shape index (κ3) is 4.39. The molecule has 10 heteroatoms. The van der Waals surface area contributed by atoms with Gasteiger partial charge in [-0.1, -0.05) is 35.3 Å². The standard InChI is InChI=1S/C17H17Cl2F3N4O/c1-24-10-12(15(23-24)17(20,21)22)16(27)26-7-5-25(6-8-26)9-11-3-2-4-13(18)14(11)19/h2-4,10H,5-9H2,1H3. The zero-order valence-electron chi connectivity index (χ0n) is 14.4. The van der Waals surface area contributed by atoms with Crippen LogP contribution in [0.1, 0.15) is 21.6 Å². The minimum atomic E-state index is -4.67. The Kier molecular flexibility index (Phi) is 5.69. The van der Waals surface area contributed by atoms with Crippen LogP contribution in [0, 0.1) is 0 Å². The van der Waals surface area contributed by atoms with Gasteiger partial charge in [-0.25, -0.2) is 0 Å². The van der Waals surface area contributed by atoms with Crippen LogP contribution >= 0.6 is 23.2 Å². The lowest BCUT2D eigenvalue weighted by Gasteiger charge is -2.35. The fraction of sp³-hybridized carbons (Fsp3) is 0.412. The van der Waals surface area contributed by atoms with Crippen molar-refractivity contribution in [2.24, 2.45) is 7.05 Å². The molecule has 1 amide bonds. The van der Waals surface area contributed by atoms with Crippen LogP contribution in [0.2, 0.25) is 10.0 Å². The van der Waals surface area contributed by atoms with Gasteiger partial charge in [0.15, 0.2) is 5.69 Å². The molecule has 0 aliphatic carbocycles. The second-order valence-corrected chi connectivity index (χ2v) is 7.13. The molecule has 0 spiro atoms. The van der Waals surface area contributed by atoms with Crippen molar-refractivity contribution in [2.45, 2.75) is 12.7 Å². The number of amides is 1. The van der Waals surface area contributed by atoms with E-state index in [2.05, 4.69) is 10.00 Å². The van der Waals surface area contributed by atoms with Crippen molar-refractivity contribution in [3.05, 3.63) is 51.3 Å². The molecule has 1 aromatic carbocycles. The minimum absolute atomic E-state index is 0.323. The van der Waals surface area contributed by atoms with Gasteiger partial charge in [-0.3, -0.25) is 14.4 Å². The third-order valence-corrected chi connectivity index (χ3v) is 5.27. The summed E-state index contributed by atoms with van der Waals surface area (Å²) in [4.78, 5) is 16.1. The molecule has 1 saturated heterocycles. The number of hydrogen-bond donors (Lipinski definition) is 0. The summed E-state index contributed by atoms with van der Waals surface area (Å²) in [5, 5.41) is 4.35. The van der Waals surface area contributed by atoms with E-state index in [1.54, 1.807) is 6.07 Å². The first-order valence-electron chi connectivity index (χ1n) is 8.22. The number of alkyl halides is 3. The van der Waals surface area contributed by atoms with Crippen LogP contribution in [0.25, 0.3) is 0 Å². The zero-order chi connectivity index (χ0) is 19.8. The van der Waals surface area contributed by atoms with Crippen molar-refractivity contribution in [2.75, 3.05) is 26.2 Å². The van der Waals surface area contributed by atoms with Crippen molar-refractivity contribution in [3.63, 3.8) is 0 Å². The predicted molar refractivity (Wildman–Crippen MR) is 95.9 cm³/mol. The van der Waals surface area contributed by atoms with Gasteiger partial charge in [0, 0.05) is 46.0 Å². The van der Waals surface area contributed by atoms with E-state index >= 15 is 0 Å². The minimum Gasteiger partial charge on any atom is -0.336 e. The molecular formula is C17H17Cl2F3N4O. The number of piperazine rings is 1. The number of benzene rings is 1. The molecule has 3 rings (SSSR count). The molecule has 0 atom stereocenters. The smallest absolute Gasteiger partial charge is 0.336 e. The summed E-state index contributed by atoms with van der Waals surface area (Å²) in [7, 11) is 1.36. The largest absolute Gasteiger partial charge is 0.435 e. The van der Waals surface area contributed by atoms with Crippen LogP contribution in [0.4, 0.5) is 13.2 Å². The van der Waals surface area contributed by atoms with E-state index in [1.165, 1.54) is 11.9 Å². The molecule has 0 radical (unpaired) electrons. The number of aryl methyl sites for hydroxylation is 1. The van der Waals surface area contributed by atoms with Crippen LogP contribution in [-0.4, -0.2) is 51.7 Å². The van der Waals surface area contributed by atoms with Crippen LogP contribution in [0.3, 0.4) is 0 Å². The summed E-state index contributed by atoms with van der Waals surface area (Å²) in [6.07, 6.45) is -3.55. The molecule has 27 heavy (non-hydrogen) atoms. The van der Waals surface area contributed by atoms with Crippen LogP contribution in [-0.2, 0) is 19.8 Å². The maximum Gasteiger partial charge on any atom is 0.435 e. The zero-order valence-corrected chi connectivity index (χ0v) is 15.9. The van der Waals surface area contributed by atoms with E-state index in [1.807, 2.05) is 12.1 Å². The van der Waals surface area contributed by atoms with Crippen LogP contribution in [0.15, 0.2) is 24.4 Å². The average Bonchev–Trinajstić information content (AvgIpc) is 3.01. The lowest BCUT2D eigenvalue weighted by molar-refractivity contribution is -0.141. The Morgan fingerprint density at radius 1 is 1.19 bits per heavy atom. The molecule has 1 aromatic heterocycles. The molecule has 1 aliphatic heterocycles. The number of carbonyl (C=O) groups is 1. The van der Waals surface area contributed by atoms with Gasteiger partial charge in [0.2, 0.25) is 0 Å². The molecule has 2 heterocycles. The first-order chi connectivity index (χ1) is 12.7. The Labute approximate surface area is 164 Å². The number of hydrogen-bond acceptors (Lipinski definition) is 3. The third-order valence-electron chi connectivity index (χ3n) is 4.41. The molecule has 0 N–H and O–H groups in total. The molecule has 5 nitrogen and oxygen atoms in total. The van der Waals surface area contributed by atoms with Crippen LogP contribution in [0.5, 0.6) is 0 Å². The van der Waals surface area contributed by atoms with Gasteiger partial charge in [0.05, 0.1) is 15.6 Å².